The highest BCUT2D eigenvalue weighted by Crippen LogP contribution is 2.41. The fourth-order valence-electron chi connectivity index (χ4n) is 3.40. The lowest BCUT2D eigenvalue weighted by atomic mass is 9.77. The molecule has 0 bridgehead atoms. The topological polar surface area (TPSA) is 21.3 Å². The van der Waals surface area contributed by atoms with E-state index < -0.39 is 0 Å². The smallest absolute Gasteiger partial charge is 0.0965 e. The molecule has 4 heteroatoms. The van der Waals surface area contributed by atoms with Crippen LogP contribution in [-0.4, -0.2) is 18.7 Å². The largest absolute Gasteiger partial charge is 0.364 e. The van der Waals surface area contributed by atoms with E-state index in [1.165, 1.54) is 37.7 Å². The number of nitrogens with one attached hydrogen (secondary N) is 1. The molecule has 2 heterocycles. The zero-order valence-corrected chi connectivity index (χ0v) is 13.0. The lowest BCUT2D eigenvalue weighted by molar-refractivity contribution is -0.141. The van der Waals surface area contributed by atoms with Gasteiger partial charge in [-0.3, -0.25) is 0 Å². The van der Waals surface area contributed by atoms with Crippen molar-refractivity contribution in [2.45, 2.75) is 50.7 Å². The highest BCUT2D eigenvalue weighted by Gasteiger charge is 2.40. The van der Waals surface area contributed by atoms with Gasteiger partial charge in [0.2, 0.25) is 0 Å². The molecule has 1 unspecified atom stereocenters. The minimum Gasteiger partial charge on any atom is -0.364 e. The number of morpholine rings is 1. The van der Waals surface area contributed by atoms with E-state index in [1.807, 2.05) is 0 Å². The predicted molar refractivity (Wildman–Crippen MR) is 81.0 cm³/mol. The quantitative estimate of drug-likeness (QED) is 0.874. The van der Waals surface area contributed by atoms with E-state index in [2.05, 4.69) is 23.7 Å². The van der Waals surface area contributed by atoms with Gasteiger partial charge in [-0.05, 0) is 48.6 Å². The first-order valence-electron chi connectivity index (χ1n) is 7.33. The summed E-state index contributed by atoms with van der Waals surface area (Å²) in [6.45, 7) is 4.22. The highest BCUT2D eigenvalue weighted by atomic mass is 35.5. The predicted octanol–water partition coefficient (Wildman–Crippen LogP) is 4.40. The first-order chi connectivity index (χ1) is 9.21. The fraction of sp³-hybridized carbons (Fsp3) is 0.733. The van der Waals surface area contributed by atoms with Gasteiger partial charge in [-0.1, -0.05) is 24.9 Å². The van der Waals surface area contributed by atoms with Gasteiger partial charge in [0, 0.05) is 13.1 Å². The standard InChI is InChI=1S/C15H22ClNOS/c1-2-11-3-5-15(6-4-11)10-17-8-13(18-15)12-7-14(16)19-9-12/h7,9,11,13,17H,2-6,8,10H2,1H3. The third-order valence-corrected chi connectivity index (χ3v) is 5.83. The molecule has 1 aromatic heterocycles. The molecule has 1 atom stereocenters. The average molecular weight is 300 g/mol. The first kappa shape index (κ1) is 13.9. The molecule has 0 amide bonds. The molecule has 19 heavy (non-hydrogen) atoms. The molecule has 0 aromatic carbocycles. The van der Waals surface area contributed by atoms with Gasteiger partial charge in [-0.25, -0.2) is 0 Å². The van der Waals surface area contributed by atoms with Crippen LogP contribution in [0.2, 0.25) is 4.34 Å². The molecule has 1 aliphatic carbocycles. The average Bonchev–Trinajstić information content (AvgIpc) is 2.87. The maximum atomic E-state index is 6.49. The van der Waals surface area contributed by atoms with Gasteiger partial charge < -0.3 is 10.1 Å². The molecule has 1 N–H and O–H groups in total. The summed E-state index contributed by atoms with van der Waals surface area (Å²) in [7, 11) is 0. The number of thiophene rings is 1. The Morgan fingerprint density at radius 1 is 1.47 bits per heavy atom. The van der Waals surface area contributed by atoms with Gasteiger partial charge >= 0.3 is 0 Å². The Labute approximate surface area is 124 Å². The van der Waals surface area contributed by atoms with Gasteiger partial charge in [0.1, 0.15) is 0 Å². The normalized spacial score (nSPS) is 35.7. The summed E-state index contributed by atoms with van der Waals surface area (Å²) in [5, 5.41) is 5.70. The van der Waals surface area contributed by atoms with Crippen LogP contribution >= 0.6 is 22.9 Å². The molecule has 1 spiro atoms. The van der Waals surface area contributed by atoms with Crippen molar-refractivity contribution in [2.75, 3.05) is 13.1 Å². The van der Waals surface area contributed by atoms with E-state index in [9.17, 15) is 0 Å². The molecular weight excluding hydrogens is 278 g/mol. The van der Waals surface area contributed by atoms with Crippen LogP contribution < -0.4 is 5.32 Å². The SMILES string of the molecule is CCC1CCC2(CC1)CNCC(c1csc(Cl)c1)O2. The Balaban J connectivity index is 1.68. The van der Waals surface area contributed by atoms with Crippen molar-refractivity contribution >= 4 is 22.9 Å². The van der Waals surface area contributed by atoms with Gasteiger partial charge in [-0.2, -0.15) is 0 Å². The number of hydrogen-bond acceptors (Lipinski definition) is 3. The van der Waals surface area contributed by atoms with Crippen molar-refractivity contribution < 1.29 is 4.74 Å². The van der Waals surface area contributed by atoms with Gasteiger partial charge in [-0.15, -0.1) is 11.3 Å². The molecule has 1 saturated carbocycles. The van der Waals surface area contributed by atoms with Gasteiger partial charge in [0.25, 0.3) is 0 Å². The Hall–Kier alpha value is -0.0900. The van der Waals surface area contributed by atoms with Crippen LogP contribution in [0.1, 0.15) is 50.7 Å². The Kier molecular flexibility index (Phi) is 4.18. The summed E-state index contributed by atoms with van der Waals surface area (Å²) in [4.78, 5) is 0. The van der Waals surface area contributed by atoms with Crippen molar-refractivity contribution in [3.63, 3.8) is 0 Å². The molecule has 2 fully saturated rings. The summed E-state index contributed by atoms with van der Waals surface area (Å²) in [6.07, 6.45) is 6.52. The second-order valence-electron chi connectivity index (χ2n) is 5.96. The molecule has 3 rings (SSSR count). The number of ether oxygens (including phenoxy) is 1. The maximum Gasteiger partial charge on any atom is 0.0965 e. The molecular formula is C15H22ClNOS. The van der Waals surface area contributed by atoms with E-state index >= 15 is 0 Å². The second kappa shape index (κ2) is 5.72. The van der Waals surface area contributed by atoms with E-state index in [4.69, 9.17) is 16.3 Å². The van der Waals surface area contributed by atoms with Crippen molar-refractivity contribution in [1.82, 2.24) is 5.32 Å². The number of halogens is 1. The number of hydrogen-bond donors (Lipinski definition) is 1. The van der Waals surface area contributed by atoms with Crippen molar-refractivity contribution in [3.05, 3.63) is 21.3 Å². The van der Waals surface area contributed by atoms with Crippen molar-refractivity contribution in [3.8, 4) is 0 Å². The summed E-state index contributed by atoms with van der Waals surface area (Å²) in [5.74, 6) is 0.908. The lowest BCUT2D eigenvalue weighted by Crippen LogP contribution is -2.52. The maximum absolute atomic E-state index is 6.49. The van der Waals surface area contributed by atoms with Crippen LogP contribution in [0.5, 0.6) is 0 Å². The minimum atomic E-state index is 0.0724. The first-order valence-corrected chi connectivity index (χ1v) is 8.59. The molecule has 2 aliphatic rings. The van der Waals surface area contributed by atoms with Gasteiger partial charge in [0.05, 0.1) is 16.0 Å². The monoisotopic (exact) mass is 299 g/mol. The van der Waals surface area contributed by atoms with Crippen LogP contribution in [0.4, 0.5) is 0 Å². The van der Waals surface area contributed by atoms with E-state index in [1.54, 1.807) is 11.3 Å². The molecule has 1 aromatic rings. The summed E-state index contributed by atoms with van der Waals surface area (Å²) in [5.41, 5.74) is 1.31. The summed E-state index contributed by atoms with van der Waals surface area (Å²) >= 11 is 7.63. The molecule has 1 saturated heterocycles. The minimum absolute atomic E-state index is 0.0724. The molecule has 1 aliphatic heterocycles. The second-order valence-corrected chi connectivity index (χ2v) is 7.50. The van der Waals surface area contributed by atoms with Crippen molar-refractivity contribution in [1.29, 1.82) is 0 Å². The Bertz CT molecular complexity index is 426. The van der Waals surface area contributed by atoms with Crippen LogP contribution in [0, 0.1) is 5.92 Å². The summed E-state index contributed by atoms with van der Waals surface area (Å²) in [6, 6.07) is 2.05. The zero-order chi connectivity index (χ0) is 13.3. The van der Waals surface area contributed by atoms with Crippen LogP contribution in [0.15, 0.2) is 11.4 Å². The fourth-order valence-corrected chi connectivity index (χ4v) is 4.33. The molecule has 0 radical (unpaired) electrons. The molecule has 2 nitrogen and oxygen atoms in total. The Morgan fingerprint density at radius 3 is 2.89 bits per heavy atom. The van der Waals surface area contributed by atoms with Crippen LogP contribution in [0.25, 0.3) is 0 Å². The van der Waals surface area contributed by atoms with E-state index in [-0.39, 0.29) is 11.7 Å². The summed E-state index contributed by atoms with van der Waals surface area (Å²) < 4.78 is 7.35. The van der Waals surface area contributed by atoms with E-state index in [0.29, 0.717) is 0 Å². The lowest BCUT2D eigenvalue weighted by Gasteiger charge is -2.45. The van der Waals surface area contributed by atoms with E-state index in [0.717, 1.165) is 23.3 Å². The Morgan fingerprint density at radius 2 is 2.26 bits per heavy atom. The number of rotatable bonds is 2. The highest BCUT2D eigenvalue weighted by molar-refractivity contribution is 7.14. The van der Waals surface area contributed by atoms with Gasteiger partial charge in [0.15, 0.2) is 0 Å². The van der Waals surface area contributed by atoms with Crippen LogP contribution in [-0.2, 0) is 4.74 Å². The molecule has 106 valence electrons. The zero-order valence-electron chi connectivity index (χ0n) is 11.5. The third kappa shape index (κ3) is 2.99. The van der Waals surface area contributed by atoms with Crippen LogP contribution in [0.3, 0.4) is 0 Å². The third-order valence-electron chi connectivity index (χ3n) is 4.72. The van der Waals surface area contributed by atoms with Crippen molar-refractivity contribution in [2.24, 2.45) is 5.92 Å².